The average Bonchev–Trinajstić information content (AvgIpc) is 3.15. The van der Waals surface area contributed by atoms with Gasteiger partial charge in [-0.2, -0.15) is 10.5 Å². The van der Waals surface area contributed by atoms with Gasteiger partial charge in [-0.05, 0) is 44.4 Å². The molecule has 3 fully saturated rings. The number of likely N-dealkylation sites (tertiary alicyclic amines) is 1. The first-order valence-corrected chi connectivity index (χ1v) is 8.42. The van der Waals surface area contributed by atoms with Crippen molar-refractivity contribution in [1.82, 2.24) is 10.2 Å². The summed E-state index contributed by atoms with van der Waals surface area (Å²) in [6, 6.07) is 3.76. The molecular formula is C17H23FN4O. The Hall–Kier alpha value is -1.66. The van der Waals surface area contributed by atoms with Gasteiger partial charge in [0, 0.05) is 17.9 Å². The fourth-order valence-corrected chi connectivity index (χ4v) is 4.78. The zero-order valence-corrected chi connectivity index (χ0v) is 13.5. The zero-order chi connectivity index (χ0) is 16.6. The van der Waals surface area contributed by atoms with Crippen molar-refractivity contribution in [2.75, 3.05) is 13.1 Å². The number of carbonyl (C=O) groups excluding carboxylic acids is 1. The summed E-state index contributed by atoms with van der Waals surface area (Å²) in [6.45, 7) is 2.32. The molecule has 23 heavy (non-hydrogen) atoms. The minimum atomic E-state index is -1.09. The molecule has 1 unspecified atom stereocenters. The number of hydrogen-bond acceptors (Lipinski definition) is 4. The highest BCUT2D eigenvalue weighted by atomic mass is 19.1. The topological polar surface area (TPSA) is 79.9 Å². The Morgan fingerprint density at radius 3 is 2.48 bits per heavy atom. The van der Waals surface area contributed by atoms with Crippen molar-refractivity contribution in [3.8, 4) is 12.1 Å². The molecule has 1 amide bonds. The van der Waals surface area contributed by atoms with Crippen LogP contribution in [0.3, 0.4) is 0 Å². The summed E-state index contributed by atoms with van der Waals surface area (Å²) in [6.07, 6.45) is 2.94. The molecule has 0 bridgehead atoms. The number of nitriles is 2. The molecule has 3 aliphatic rings. The van der Waals surface area contributed by atoms with E-state index in [2.05, 4.69) is 18.3 Å². The Morgan fingerprint density at radius 2 is 1.91 bits per heavy atom. The van der Waals surface area contributed by atoms with Gasteiger partial charge in [-0.25, -0.2) is 4.39 Å². The van der Waals surface area contributed by atoms with Crippen molar-refractivity contribution in [2.45, 2.75) is 56.8 Å². The molecule has 124 valence electrons. The molecule has 0 aromatic heterocycles. The lowest BCUT2D eigenvalue weighted by Crippen LogP contribution is -2.48. The lowest BCUT2D eigenvalue weighted by Gasteiger charge is -2.29. The van der Waals surface area contributed by atoms with Gasteiger partial charge >= 0.3 is 0 Å². The number of nitrogens with one attached hydrogen (secondary N) is 1. The van der Waals surface area contributed by atoms with Gasteiger partial charge < -0.3 is 10.2 Å². The van der Waals surface area contributed by atoms with E-state index in [4.69, 9.17) is 10.5 Å². The molecule has 0 radical (unpaired) electrons. The Morgan fingerprint density at radius 1 is 1.26 bits per heavy atom. The third kappa shape index (κ3) is 3.19. The monoisotopic (exact) mass is 318 g/mol. The van der Waals surface area contributed by atoms with Crippen LogP contribution in [0.15, 0.2) is 0 Å². The van der Waals surface area contributed by atoms with E-state index in [1.54, 1.807) is 0 Å². The summed E-state index contributed by atoms with van der Waals surface area (Å²) >= 11 is 0. The number of halogens is 1. The maximum absolute atomic E-state index is 13.4. The molecule has 5 nitrogen and oxygen atoms in total. The first-order valence-electron chi connectivity index (χ1n) is 8.42. The van der Waals surface area contributed by atoms with Crippen LogP contribution in [0.25, 0.3) is 0 Å². The van der Waals surface area contributed by atoms with Gasteiger partial charge in [0.2, 0.25) is 5.91 Å². The van der Waals surface area contributed by atoms with Crippen molar-refractivity contribution in [1.29, 1.82) is 10.5 Å². The Kier molecular flexibility index (Phi) is 4.29. The van der Waals surface area contributed by atoms with Gasteiger partial charge in [0.25, 0.3) is 0 Å². The van der Waals surface area contributed by atoms with Gasteiger partial charge in [0.05, 0.1) is 25.2 Å². The number of hydrogen-bond donors (Lipinski definition) is 1. The van der Waals surface area contributed by atoms with Crippen molar-refractivity contribution >= 4 is 5.91 Å². The smallest absolute Gasteiger partial charge is 0.237 e. The van der Waals surface area contributed by atoms with Crippen LogP contribution in [-0.2, 0) is 4.79 Å². The minimum Gasteiger partial charge on any atom is -0.323 e. The van der Waals surface area contributed by atoms with Crippen molar-refractivity contribution in [3.63, 3.8) is 0 Å². The van der Waals surface area contributed by atoms with Crippen LogP contribution < -0.4 is 5.32 Å². The van der Waals surface area contributed by atoms with Gasteiger partial charge in [0.1, 0.15) is 12.2 Å². The van der Waals surface area contributed by atoms with E-state index < -0.39 is 12.2 Å². The summed E-state index contributed by atoms with van der Waals surface area (Å²) in [7, 11) is 0. The Labute approximate surface area is 136 Å². The maximum atomic E-state index is 13.4. The lowest BCUT2D eigenvalue weighted by atomic mass is 9.93. The van der Waals surface area contributed by atoms with Crippen LogP contribution in [-0.4, -0.2) is 41.6 Å². The summed E-state index contributed by atoms with van der Waals surface area (Å²) in [4.78, 5) is 13.7. The van der Waals surface area contributed by atoms with Crippen LogP contribution in [0, 0.1) is 40.4 Å². The van der Waals surface area contributed by atoms with E-state index in [1.807, 2.05) is 6.07 Å². The second kappa shape index (κ2) is 6.09. The van der Waals surface area contributed by atoms with Gasteiger partial charge in [-0.1, -0.05) is 0 Å². The number of amides is 1. The van der Waals surface area contributed by atoms with Gasteiger partial charge in [0.15, 0.2) is 0 Å². The highest BCUT2D eigenvalue weighted by Gasteiger charge is 2.47. The normalized spacial score (nSPS) is 42.3. The first-order chi connectivity index (χ1) is 10.9. The van der Waals surface area contributed by atoms with E-state index >= 15 is 0 Å². The molecule has 2 saturated carbocycles. The number of fused-ring (bicyclic) bond motifs is 1. The van der Waals surface area contributed by atoms with Crippen LogP contribution >= 0.6 is 0 Å². The summed E-state index contributed by atoms with van der Waals surface area (Å²) < 4.78 is 13.4. The highest BCUT2D eigenvalue weighted by molar-refractivity contribution is 5.79. The molecular weight excluding hydrogens is 295 g/mol. The SMILES string of the molecule is C[C@@]1(NCC(=O)N2C[C@@H](F)C[C@H]2C#N)C[C@H]2CC(C#N)C[C@H]2C1. The van der Waals surface area contributed by atoms with E-state index in [9.17, 15) is 9.18 Å². The predicted octanol–water partition coefficient (Wildman–Crippen LogP) is 1.76. The molecule has 0 aromatic rings. The first kappa shape index (κ1) is 16.2. The molecule has 1 heterocycles. The fraction of sp³-hybridized carbons (Fsp3) is 0.824. The van der Waals surface area contributed by atoms with Crippen molar-refractivity contribution in [2.24, 2.45) is 17.8 Å². The third-order valence-corrected chi connectivity index (χ3v) is 5.83. The van der Waals surface area contributed by atoms with E-state index in [0.717, 1.165) is 25.7 Å². The molecule has 1 saturated heterocycles. The van der Waals surface area contributed by atoms with E-state index in [1.165, 1.54) is 4.90 Å². The molecule has 2 aliphatic carbocycles. The molecule has 0 aromatic carbocycles. The van der Waals surface area contributed by atoms with Crippen molar-refractivity contribution < 1.29 is 9.18 Å². The third-order valence-electron chi connectivity index (χ3n) is 5.83. The highest BCUT2D eigenvalue weighted by Crippen LogP contribution is 2.50. The van der Waals surface area contributed by atoms with Gasteiger partial charge in [-0.15, -0.1) is 0 Å². The maximum Gasteiger partial charge on any atom is 0.237 e. The summed E-state index contributed by atoms with van der Waals surface area (Å²) in [5, 5.41) is 21.4. The molecule has 6 atom stereocenters. The zero-order valence-electron chi connectivity index (χ0n) is 13.5. The number of nitrogens with zero attached hydrogens (tertiary/aromatic N) is 3. The Balaban J connectivity index is 1.52. The number of carbonyl (C=O) groups is 1. The fourth-order valence-electron chi connectivity index (χ4n) is 4.78. The summed E-state index contributed by atoms with van der Waals surface area (Å²) in [5.41, 5.74) is -0.0948. The molecule has 0 spiro atoms. The second-order valence-corrected chi connectivity index (χ2v) is 7.66. The molecule has 1 N–H and O–H groups in total. The van der Waals surface area contributed by atoms with Crippen molar-refractivity contribution in [3.05, 3.63) is 0 Å². The van der Waals surface area contributed by atoms with Crippen LogP contribution in [0.4, 0.5) is 4.39 Å². The van der Waals surface area contributed by atoms with Crippen LogP contribution in [0.2, 0.25) is 0 Å². The standard InChI is InChI=1S/C17H23FN4O/c1-17(5-12-2-11(7-19)3-13(12)6-17)21-9-16(23)22-10-14(18)4-15(22)8-20/h11-15,21H,2-6,9-10H2,1H3/t11?,12-,13+,14-,15-,17-/m0/s1. The number of alkyl halides is 1. The van der Waals surface area contributed by atoms with Gasteiger partial charge in [-0.3, -0.25) is 4.79 Å². The lowest BCUT2D eigenvalue weighted by molar-refractivity contribution is -0.130. The van der Waals surface area contributed by atoms with Crippen LogP contribution in [0.1, 0.15) is 39.0 Å². The molecule has 6 heteroatoms. The molecule has 1 aliphatic heterocycles. The second-order valence-electron chi connectivity index (χ2n) is 7.66. The Bertz CT molecular complexity index is 552. The largest absolute Gasteiger partial charge is 0.323 e. The summed E-state index contributed by atoms with van der Waals surface area (Å²) in [5.74, 6) is 1.14. The minimum absolute atomic E-state index is 0.0323. The predicted molar refractivity (Wildman–Crippen MR) is 81.6 cm³/mol. The van der Waals surface area contributed by atoms with E-state index in [-0.39, 0.29) is 36.9 Å². The molecule has 3 rings (SSSR count). The quantitative estimate of drug-likeness (QED) is 0.860. The van der Waals surface area contributed by atoms with E-state index in [0.29, 0.717) is 11.8 Å². The number of rotatable bonds is 3. The van der Waals surface area contributed by atoms with Crippen LogP contribution in [0.5, 0.6) is 0 Å². The average molecular weight is 318 g/mol.